The van der Waals surface area contributed by atoms with E-state index < -0.39 is 0 Å². The van der Waals surface area contributed by atoms with Crippen LogP contribution in [0.5, 0.6) is 0 Å². The van der Waals surface area contributed by atoms with Crippen molar-refractivity contribution in [2.45, 2.75) is 25.0 Å². The molecule has 0 radical (unpaired) electrons. The Kier molecular flexibility index (Phi) is 3.73. The van der Waals surface area contributed by atoms with Gasteiger partial charge in [-0.15, -0.1) is 0 Å². The number of para-hydroxylation sites is 1. The zero-order valence-corrected chi connectivity index (χ0v) is 11.7. The second-order valence-electron chi connectivity index (χ2n) is 4.61. The normalized spacial score (nSPS) is 17.2. The molecule has 1 unspecified atom stereocenters. The van der Waals surface area contributed by atoms with E-state index in [-0.39, 0.29) is 0 Å². The van der Waals surface area contributed by atoms with E-state index in [9.17, 15) is 0 Å². The van der Waals surface area contributed by atoms with Gasteiger partial charge in [0.05, 0.1) is 5.75 Å². The second kappa shape index (κ2) is 5.65. The molecule has 2 heterocycles. The van der Waals surface area contributed by atoms with Crippen LogP contribution in [-0.4, -0.2) is 22.4 Å². The lowest BCUT2D eigenvalue weighted by molar-refractivity contribution is 0.368. The smallest absolute Gasteiger partial charge is 0.227 e. The van der Waals surface area contributed by atoms with E-state index in [1.165, 1.54) is 11.3 Å². The first-order chi connectivity index (χ1) is 9.36. The van der Waals surface area contributed by atoms with Crippen LogP contribution >= 0.6 is 11.8 Å². The molecule has 0 spiro atoms. The number of nitrogens with one attached hydrogen (secondary N) is 1. The van der Waals surface area contributed by atoms with Crippen molar-refractivity contribution >= 4 is 17.4 Å². The molecule has 1 aliphatic heterocycles. The maximum absolute atomic E-state index is 5.34. The molecule has 1 aromatic heterocycles. The Morgan fingerprint density at radius 1 is 1.42 bits per heavy atom. The van der Waals surface area contributed by atoms with E-state index in [0.717, 1.165) is 36.2 Å². The van der Waals surface area contributed by atoms with Gasteiger partial charge in [-0.3, -0.25) is 0 Å². The van der Waals surface area contributed by atoms with Gasteiger partial charge in [0.1, 0.15) is 0 Å². The van der Waals surface area contributed by atoms with Crippen LogP contribution in [0.4, 0.5) is 5.69 Å². The van der Waals surface area contributed by atoms with Gasteiger partial charge >= 0.3 is 0 Å². The van der Waals surface area contributed by atoms with E-state index in [2.05, 4.69) is 46.6 Å². The Morgan fingerprint density at radius 2 is 2.32 bits per heavy atom. The molecule has 2 aromatic rings. The first-order valence-electron chi connectivity index (χ1n) is 6.59. The zero-order valence-electron chi connectivity index (χ0n) is 10.9. The van der Waals surface area contributed by atoms with Gasteiger partial charge in [-0.1, -0.05) is 30.3 Å². The number of benzene rings is 1. The predicted molar refractivity (Wildman–Crippen MR) is 77.5 cm³/mol. The molecule has 1 N–H and O–H groups in total. The van der Waals surface area contributed by atoms with Gasteiger partial charge in [0.15, 0.2) is 5.82 Å². The Balaban J connectivity index is 1.68. The van der Waals surface area contributed by atoms with Crippen LogP contribution < -0.4 is 5.32 Å². The van der Waals surface area contributed by atoms with Gasteiger partial charge in [0.25, 0.3) is 0 Å². The fraction of sp³-hybridized carbons (Fsp3) is 0.429. The summed E-state index contributed by atoms with van der Waals surface area (Å²) >= 11 is 1.81. The van der Waals surface area contributed by atoms with Gasteiger partial charge in [-0.25, -0.2) is 0 Å². The molecule has 1 atom stereocenters. The average Bonchev–Trinajstić information content (AvgIpc) is 3.05. The van der Waals surface area contributed by atoms with Crippen molar-refractivity contribution in [3.8, 4) is 0 Å². The van der Waals surface area contributed by atoms with Crippen LogP contribution in [0, 0.1) is 0 Å². The molecule has 0 amide bonds. The topological polar surface area (TPSA) is 51.0 Å². The molecule has 0 fully saturated rings. The van der Waals surface area contributed by atoms with Crippen molar-refractivity contribution in [2.24, 2.45) is 0 Å². The number of thioether (sulfide) groups is 1. The minimum Gasteiger partial charge on any atom is -0.384 e. The highest BCUT2D eigenvalue weighted by Crippen LogP contribution is 2.33. The van der Waals surface area contributed by atoms with Crippen molar-refractivity contribution < 1.29 is 4.52 Å². The molecule has 1 aromatic carbocycles. The first kappa shape index (κ1) is 12.5. The molecule has 0 aliphatic carbocycles. The molecule has 0 saturated carbocycles. The molecule has 100 valence electrons. The van der Waals surface area contributed by atoms with Crippen LogP contribution in [0.1, 0.15) is 30.1 Å². The summed E-state index contributed by atoms with van der Waals surface area (Å²) in [7, 11) is 0. The number of nitrogens with zero attached hydrogens (tertiary/aromatic N) is 2. The summed E-state index contributed by atoms with van der Waals surface area (Å²) in [5.41, 5.74) is 2.58. The van der Waals surface area contributed by atoms with Crippen LogP contribution in [0.3, 0.4) is 0 Å². The standard InChI is InChI=1S/C14H17N3OS/c1-2-19-9-13-16-14(18-17-13)7-10-8-15-12-6-4-3-5-11(10)12/h3-6,10,15H,2,7-9H2,1H3. The molecule has 1 aliphatic rings. The zero-order chi connectivity index (χ0) is 13.1. The SMILES string of the molecule is CCSCc1noc(CC2CNc3ccccc32)n1. The highest BCUT2D eigenvalue weighted by atomic mass is 32.2. The van der Waals surface area contributed by atoms with Crippen molar-refractivity contribution in [1.82, 2.24) is 10.1 Å². The lowest BCUT2D eigenvalue weighted by atomic mass is 9.98. The monoisotopic (exact) mass is 275 g/mol. The van der Waals surface area contributed by atoms with Crippen LogP contribution in [0.2, 0.25) is 0 Å². The number of fused-ring (bicyclic) bond motifs is 1. The summed E-state index contributed by atoms with van der Waals surface area (Å²) < 4.78 is 5.34. The Labute approximate surface area is 117 Å². The molecule has 3 rings (SSSR count). The predicted octanol–water partition coefficient (Wildman–Crippen LogP) is 3.07. The van der Waals surface area contributed by atoms with E-state index in [1.807, 2.05) is 11.8 Å². The number of rotatable bonds is 5. The maximum Gasteiger partial charge on any atom is 0.227 e. The van der Waals surface area contributed by atoms with Crippen molar-refractivity contribution in [2.75, 3.05) is 17.6 Å². The fourth-order valence-corrected chi connectivity index (χ4v) is 2.88. The highest BCUT2D eigenvalue weighted by molar-refractivity contribution is 7.98. The van der Waals surface area contributed by atoms with Crippen molar-refractivity contribution in [3.05, 3.63) is 41.5 Å². The third-order valence-electron chi connectivity index (χ3n) is 3.31. The fourth-order valence-electron chi connectivity index (χ4n) is 2.38. The minimum absolute atomic E-state index is 0.434. The van der Waals surface area contributed by atoms with E-state index in [1.54, 1.807) is 0 Å². The van der Waals surface area contributed by atoms with Gasteiger partial charge in [-0.05, 0) is 17.4 Å². The molecule has 0 saturated heterocycles. The van der Waals surface area contributed by atoms with Crippen LogP contribution in [-0.2, 0) is 12.2 Å². The third kappa shape index (κ3) is 2.76. The number of anilines is 1. The number of hydrogen-bond acceptors (Lipinski definition) is 5. The maximum atomic E-state index is 5.34. The summed E-state index contributed by atoms with van der Waals surface area (Å²) in [5.74, 6) is 3.89. The molecular weight excluding hydrogens is 258 g/mol. The summed E-state index contributed by atoms with van der Waals surface area (Å²) in [6, 6.07) is 8.42. The third-order valence-corrected chi connectivity index (χ3v) is 4.18. The largest absolute Gasteiger partial charge is 0.384 e. The van der Waals surface area contributed by atoms with E-state index in [4.69, 9.17) is 4.52 Å². The van der Waals surface area contributed by atoms with E-state index in [0.29, 0.717) is 5.92 Å². The average molecular weight is 275 g/mol. The Morgan fingerprint density at radius 3 is 3.21 bits per heavy atom. The summed E-state index contributed by atoms with van der Waals surface area (Å²) in [6.45, 7) is 3.08. The molecule has 4 nitrogen and oxygen atoms in total. The summed E-state index contributed by atoms with van der Waals surface area (Å²) in [5, 5.41) is 7.44. The summed E-state index contributed by atoms with van der Waals surface area (Å²) in [4.78, 5) is 4.46. The van der Waals surface area contributed by atoms with Gasteiger partial charge in [-0.2, -0.15) is 16.7 Å². The van der Waals surface area contributed by atoms with Gasteiger partial charge in [0, 0.05) is 24.6 Å². The molecule has 5 heteroatoms. The number of hydrogen-bond donors (Lipinski definition) is 1. The molecule has 19 heavy (non-hydrogen) atoms. The van der Waals surface area contributed by atoms with Gasteiger partial charge in [0.2, 0.25) is 5.89 Å². The van der Waals surface area contributed by atoms with Crippen molar-refractivity contribution in [1.29, 1.82) is 0 Å². The summed E-state index contributed by atoms with van der Waals surface area (Å²) in [6.07, 6.45) is 0.813. The molecule has 0 bridgehead atoms. The highest BCUT2D eigenvalue weighted by Gasteiger charge is 2.23. The quantitative estimate of drug-likeness (QED) is 0.908. The van der Waals surface area contributed by atoms with Crippen LogP contribution in [0.25, 0.3) is 0 Å². The lowest BCUT2D eigenvalue weighted by Crippen LogP contribution is -2.05. The van der Waals surface area contributed by atoms with Gasteiger partial charge < -0.3 is 9.84 Å². The first-order valence-corrected chi connectivity index (χ1v) is 7.74. The minimum atomic E-state index is 0.434. The number of aromatic nitrogens is 2. The van der Waals surface area contributed by atoms with E-state index >= 15 is 0 Å². The molecular formula is C14H17N3OS. The van der Waals surface area contributed by atoms with Crippen molar-refractivity contribution in [3.63, 3.8) is 0 Å². The second-order valence-corrected chi connectivity index (χ2v) is 5.88. The Bertz CT molecular complexity index is 555. The Hall–Kier alpha value is -1.49. The van der Waals surface area contributed by atoms with Crippen LogP contribution in [0.15, 0.2) is 28.8 Å². The lowest BCUT2D eigenvalue weighted by Gasteiger charge is -2.05.